The quantitative estimate of drug-likeness (QED) is 0.259. The predicted molar refractivity (Wildman–Crippen MR) is 173 cm³/mol. The first-order chi connectivity index (χ1) is 20.5. The fourth-order valence-electron chi connectivity index (χ4n) is 6.63. The Balaban J connectivity index is 1.47. The minimum absolute atomic E-state index is 0.140. The van der Waals surface area contributed by atoms with E-state index in [0.29, 0.717) is 6.61 Å². The highest BCUT2D eigenvalue weighted by Gasteiger charge is 2.53. The van der Waals surface area contributed by atoms with Crippen LogP contribution < -0.4 is 9.64 Å². The summed E-state index contributed by atoms with van der Waals surface area (Å²) < 4.78 is 13.9. The van der Waals surface area contributed by atoms with E-state index in [0.717, 1.165) is 36.5 Å². The first-order valence-electron chi connectivity index (χ1n) is 15.0. The monoisotopic (exact) mass is 556 g/mol. The van der Waals surface area contributed by atoms with Crippen molar-refractivity contribution < 1.29 is 9.47 Å². The van der Waals surface area contributed by atoms with Crippen LogP contribution in [0.1, 0.15) is 48.1 Å². The number of allylic oxidation sites excluding steroid dienone is 6. The van der Waals surface area contributed by atoms with Gasteiger partial charge in [-0.05, 0) is 74.7 Å². The van der Waals surface area contributed by atoms with Crippen LogP contribution in [0.4, 0.5) is 11.4 Å². The molecule has 0 N–H and O–H groups in total. The van der Waals surface area contributed by atoms with Crippen LogP contribution in [0.3, 0.4) is 0 Å². The van der Waals surface area contributed by atoms with Crippen LogP contribution in [-0.2, 0) is 16.9 Å². The van der Waals surface area contributed by atoms with Crippen molar-refractivity contribution in [2.75, 3.05) is 18.0 Å². The lowest BCUT2D eigenvalue weighted by Gasteiger charge is -2.45. The van der Waals surface area contributed by atoms with E-state index < -0.39 is 5.60 Å². The molecule has 3 aliphatic rings. The van der Waals surface area contributed by atoms with Gasteiger partial charge in [0.1, 0.15) is 17.5 Å². The highest BCUT2D eigenvalue weighted by molar-refractivity contribution is 5.71. The van der Waals surface area contributed by atoms with Crippen molar-refractivity contribution in [2.24, 2.45) is 0 Å². The summed E-state index contributed by atoms with van der Waals surface area (Å²) in [5.74, 6) is 0.893. The van der Waals surface area contributed by atoms with Crippen molar-refractivity contribution in [2.45, 2.75) is 52.4 Å². The lowest BCUT2D eigenvalue weighted by molar-refractivity contribution is -0.00688. The first-order valence-corrected chi connectivity index (χ1v) is 15.0. The number of benzene rings is 3. The molecule has 42 heavy (non-hydrogen) atoms. The normalized spacial score (nSPS) is 20.5. The molecule has 214 valence electrons. The van der Waals surface area contributed by atoms with Gasteiger partial charge in [0.2, 0.25) is 0 Å². The van der Waals surface area contributed by atoms with Crippen molar-refractivity contribution in [3.05, 3.63) is 149 Å². The number of para-hydroxylation sites is 1. The molecule has 2 atom stereocenters. The summed E-state index contributed by atoms with van der Waals surface area (Å²) in [5, 5.41) is 0. The van der Waals surface area contributed by atoms with E-state index >= 15 is 0 Å². The maximum atomic E-state index is 6.94. The molecule has 0 saturated carbocycles. The van der Waals surface area contributed by atoms with Gasteiger partial charge in [0.05, 0.1) is 6.61 Å². The Kier molecular flexibility index (Phi) is 7.66. The molecule has 6 rings (SSSR count). The van der Waals surface area contributed by atoms with E-state index in [4.69, 9.17) is 9.47 Å². The fraction of sp³-hybridized carbons (Fsp3) is 0.263. The van der Waals surface area contributed by atoms with Crippen LogP contribution in [0, 0.1) is 13.8 Å². The number of fused-ring (bicyclic) bond motifs is 6. The highest BCUT2D eigenvalue weighted by Crippen LogP contribution is 2.56. The number of ether oxygens (including phenoxy) is 2. The molecule has 2 heterocycles. The van der Waals surface area contributed by atoms with Crippen LogP contribution in [0.2, 0.25) is 0 Å². The molecule has 0 aromatic heterocycles. The molecule has 4 nitrogen and oxygen atoms in total. The van der Waals surface area contributed by atoms with Crippen molar-refractivity contribution in [3.8, 4) is 5.75 Å². The molecule has 1 aliphatic carbocycles. The van der Waals surface area contributed by atoms with E-state index in [1.54, 1.807) is 6.08 Å². The number of rotatable bonds is 8. The van der Waals surface area contributed by atoms with Gasteiger partial charge in [0.25, 0.3) is 0 Å². The van der Waals surface area contributed by atoms with Crippen molar-refractivity contribution in [1.82, 2.24) is 4.90 Å². The standard InChI is InChI=1S/C38H40N2O2/c1-6-9-10-13-22-39(7-2)30-18-20-32-36(24-30)42-37-25-31(40(8-3)35-15-12-11-14-28(35)5)19-21-33(37)38(32)34-23-27(4)16-17-29(34)26-41-38/h6,9-23,25,36H,1,7-8,24,26H2,2-5H3/b10-9-,22-13+. The number of aryl methyl sites for hydroxylation is 2. The summed E-state index contributed by atoms with van der Waals surface area (Å²) >= 11 is 0. The number of nitrogens with zero attached hydrogens (tertiary/aromatic N) is 2. The minimum atomic E-state index is -0.667. The maximum Gasteiger partial charge on any atom is 0.147 e. The van der Waals surface area contributed by atoms with Gasteiger partial charge in [0.15, 0.2) is 0 Å². The molecule has 0 bridgehead atoms. The van der Waals surface area contributed by atoms with Crippen LogP contribution >= 0.6 is 0 Å². The van der Waals surface area contributed by atoms with Gasteiger partial charge in [-0.15, -0.1) is 0 Å². The molecule has 0 saturated heterocycles. The Morgan fingerprint density at radius 2 is 1.79 bits per heavy atom. The van der Waals surface area contributed by atoms with Crippen LogP contribution in [0.5, 0.6) is 5.75 Å². The van der Waals surface area contributed by atoms with Gasteiger partial charge in [0, 0.05) is 60.0 Å². The molecule has 4 heteroatoms. The zero-order valence-corrected chi connectivity index (χ0v) is 25.1. The second kappa shape index (κ2) is 11.5. The highest BCUT2D eigenvalue weighted by atomic mass is 16.5. The Morgan fingerprint density at radius 1 is 0.929 bits per heavy atom. The Bertz CT molecular complexity index is 1630. The topological polar surface area (TPSA) is 24.9 Å². The number of hydrogen-bond acceptors (Lipinski definition) is 4. The Morgan fingerprint density at radius 3 is 2.57 bits per heavy atom. The summed E-state index contributed by atoms with van der Waals surface area (Å²) in [6.07, 6.45) is 15.0. The third-order valence-electron chi connectivity index (χ3n) is 8.67. The fourth-order valence-corrected chi connectivity index (χ4v) is 6.63. The molecule has 0 fully saturated rings. The average molecular weight is 557 g/mol. The number of anilines is 2. The van der Waals surface area contributed by atoms with Gasteiger partial charge >= 0.3 is 0 Å². The molecular weight excluding hydrogens is 516 g/mol. The van der Waals surface area contributed by atoms with E-state index in [9.17, 15) is 0 Å². The summed E-state index contributed by atoms with van der Waals surface area (Å²) in [6, 6.07) is 21.9. The first kappa shape index (κ1) is 27.9. The van der Waals surface area contributed by atoms with Gasteiger partial charge < -0.3 is 19.3 Å². The molecule has 3 aromatic rings. The molecular formula is C38H40N2O2. The summed E-state index contributed by atoms with van der Waals surface area (Å²) in [7, 11) is 0. The summed E-state index contributed by atoms with van der Waals surface area (Å²) in [4.78, 5) is 4.64. The second-order valence-electron chi connectivity index (χ2n) is 11.2. The molecule has 3 aromatic carbocycles. The molecule has 2 aliphatic heterocycles. The predicted octanol–water partition coefficient (Wildman–Crippen LogP) is 8.79. The minimum Gasteiger partial charge on any atom is -0.485 e. The zero-order chi connectivity index (χ0) is 29.3. The van der Waals surface area contributed by atoms with Crippen LogP contribution in [0.15, 0.2) is 121 Å². The Hall–Kier alpha value is -4.28. The van der Waals surface area contributed by atoms with Gasteiger partial charge in [-0.3, -0.25) is 0 Å². The molecule has 0 radical (unpaired) electrons. The second-order valence-corrected chi connectivity index (χ2v) is 11.2. The smallest absolute Gasteiger partial charge is 0.147 e. The van der Waals surface area contributed by atoms with Crippen molar-refractivity contribution >= 4 is 11.4 Å². The maximum absolute atomic E-state index is 6.94. The van der Waals surface area contributed by atoms with Crippen molar-refractivity contribution in [3.63, 3.8) is 0 Å². The third-order valence-corrected chi connectivity index (χ3v) is 8.67. The molecule has 2 unspecified atom stereocenters. The lowest BCUT2D eigenvalue weighted by Crippen LogP contribution is -2.44. The van der Waals surface area contributed by atoms with Gasteiger partial charge in [-0.2, -0.15) is 0 Å². The van der Waals surface area contributed by atoms with E-state index in [1.165, 1.54) is 39.2 Å². The van der Waals surface area contributed by atoms with Gasteiger partial charge in [-0.1, -0.05) is 72.8 Å². The SMILES string of the molecule is C=C/C=C\C=C\N(CC)C1=CC=C2C(C1)Oc1cc(N(CC)c3ccccc3C)ccc1C21OCc2ccc(C)cc21. The Labute approximate surface area is 250 Å². The van der Waals surface area contributed by atoms with Crippen LogP contribution in [-0.4, -0.2) is 24.1 Å². The average Bonchev–Trinajstić information content (AvgIpc) is 3.37. The molecule has 1 spiro atoms. The number of hydrogen-bond donors (Lipinski definition) is 0. The zero-order valence-electron chi connectivity index (χ0n) is 25.1. The summed E-state index contributed by atoms with van der Waals surface area (Å²) in [6.45, 7) is 14.8. The third kappa shape index (κ3) is 4.70. The van der Waals surface area contributed by atoms with E-state index in [2.05, 4.69) is 129 Å². The van der Waals surface area contributed by atoms with Crippen molar-refractivity contribution in [1.29, 1.82) is 0 Å². The van der Waals surface area contributed by atoms with E-state index in [1.807, 2.05) is 12.2 Å². The van der Waals surface area contributed by atoms with Crippen LogP contribution in [0.25, 0.3) is 0 Å². The van der Waals surface area contributed by atoms with Gasteiger partial charge in [-0.25, -0.2) is 0 Å². The largest absolute Gasteiger partial charge is 0.485 e. The molecule has 0 amide bonds. The lowest BCUT2D eigenvalue weighted by atomic mass is 9.73. The summed E-state index contributed by atoms with van der Waals surface area (Å²) in [5.41, 5.74) is 10.1. The van der Waals surface area contributed by atoms with E-state index in [-0.39, 0.29) is 6.10 Å².